The SMILES string of the molecule is Cc1ccc(C[C@@H]2CCCN2C[C@@H](O)CO[C@H](C)c2ccccc2CCc2nnn(COCC[Si-](C)(C)C)n2)cc1F. The van der Waals surface area contributed by atoms with Gasteiger partial charge in [-0.3, -0.25) is 4.90 Å². The Kier molecular flexibility index (Phi) is 11.8. The molecule has 1 aromatic heterocycles. The molecule has 4 rings (SSSR count). The number of hydrogen-bond donors (Lipinski definition) is 1. The minimum absolute atomic E-state index is 0.153. The van der Waals surface area contributed by atoms with Crippen molar-refractivity contribution in [3.05, 3.63) is 76.4 Å². The third-order valence-electron chi connectivity index (χ3n) is 8.00. The predicted molar refractivity (Wildman–Crippen MR) is 166 cm³/mol. The number of aryl methyl sites for hydroxylation is 3. The molecule has 0 amide bonds. The molecule has 1 saturated heterocycles. The van der Waals surface area contributed by atoms with Crippen LogP contribution in [0.2, 0.25) is 25.7 Å². The first-order valence-corrected chi connectivity index (χ1v) is 19.0. The van der Waals surface area contributed by atoms with Crippen LogP contribution >= 0.6 is 0 Å². The van der Waals surface area contributed by atoms with Gasteiger partial charge in [0.05, 0.1) is 18.8 Å². The number of likely N-dealkylation sites (tertiary alicyclic amines) is 1. The van der Waals surface area contributed by atoms with Crippen molar-refractivity contribution in [3.8, 4) is 0 Å². The highest BCUT2D eigenvalue weighted by molar-refractivity contribution is 6.76. The number of aliphatic hydroxyl groups excluding tert-OH is 1. The molecule has 231 valence electrons. The van der Waals surface area contributed by atoms with E-state index >= 15 is 0 Å². The van der Waals surface area contributed by atoms with Crippen molar-refractivity contribution < 1.29 is 19.0 Å². The van der Waals surface area contributed by atoms with Crippen LogP contribution < -0.4 is 0 Å². The molecule has 10 heteroatoms. The highest BCUT2D eigenvalue weighted by Crippen LogP contribution is 2.25. The molecule has 1 fully saturated rings. The molecule has 1 aliphatic rings. The molecule has 8 nitrogen and oxygen atoms in total. The Labute approximate surface area is 251 Å². The number of benzene rings is 2. The van der Waals surface area contributed by atoms with E-state index in [0.29, 0.717) is 37.1 Å². The van der Waals surface area contributed by atoms with E-state index in [9.17, 15) is 9.50 Å². The number of ether oxygens (including phenoxy) is 2. The lowest BCUT2D eigenvalue weighted by molar-refractivity contribution is -0.0173. The van der Waals surface area contributed by atoms with Gasteiger partial charge >= 0.3 is 0 Å². The summed E-state index contributed by atoms with van der Waals surface area (Å²) in [5.41, 5.74) is 3.96. The fourth-order valence-electron chi connectivity index (χ4n) is 5.43. The monoisotopic (exact) mass is 597 g/mol. The molecular formula is C32H48FN5O3Si-. The summed E-state index contributed by atoms with van der Waals surface area (Å²) in [6.07, 6.45) is 3.62. The van der Waals surface area contributed by atoms with E-state index in [0.717, 1.165) is 56.0 Å². The number of aliphatic hydroxyl groups is 1. The van der Waals surface area contributed by atoms with Gasteiger partial charge in [0.15, 0.2) is 12.6 Å². The molecule has 0 saturated carbocycles. The van der Waals surface area contributed by atoms with Crippen LogP contribution in [-0.2, 0) is 35.5 Å². The zero-order valence-corrected chi connectivity index (χ0v) is 26.9. The van der Waals surface area contributed by atoms with E-state index < -0.39 is 14.2 Å². The first kappa shape index (κ1) is 32.4. The van der Waals surface area contributed by atoms with Crippen molar-refractivity contribution in [1.82, 2.24) is 25.1 Å². The van der Waals surface area contributed by atoms with E-state index in [2.05, 4.69) is 52.1 Å². The van der Waals surface area contributed by atoms with Crippen molar-refractivity contribution >= 4 is 8.07 Å². The van der Waals surface area contributed by atoms with Crippen LogP contribution in [0.4, 0.5) is 4.39 Å². The lowest BCUT2D eigenvalue weighted by Gasteiger charge is -2.27. The molecule has 0 aliphatic carbocycles. The first-order valence-electron chi connectivity index (χ1n) is 15.3. The Morgan fingerprint density at radius 3 is 2.74 bits per heavy atom. The van der Waals surface area contributed by atoms with E-state index in [1.54, 1.807) is 13.0 Å². The summed E-state index contributed by atoms with van der Waals surface area (Å²) in [6, 6.07) is 15.2. The van der Waals surface area contributed by atoms with Crippen LogP contribution in [0.3, 0.4) is 0 Å². The van der Waals surface area contributed by atoms with Crippen LogP contribution in [0, 0.1) is 12.7 Å². The van der Waals surface area contributed by atoms with Crippen molar-refractivity contribution in [2.24, 2.45) is 0 Å². The Hall–Kier alpha value is -2.50. The maximum Gasteiger partial charge on any atom is 0.175 e. The number of β-amino-alcohol motifs (C(OH)–C–C–N with tert-alkyl or cyclic N) is 1. The van der Waals surface area contributed by atoms with E-state index in [4.69, 9.17) is 9.47 Å². The molecule has 2 aromatic carbocycles. The highest BCUT2D eigenvalue weighted by Gasteiger charge is 2.27. The molecule has 2 heterocycles. The second-order valence-electron chi connectivity index (χ2n) is 12.8. The van der Waals surface area contributed by atoms with Crippen molar-refractivity contribution in [2.45, 2.75) is 96.6 Å². The molecule has 0 spiro atoms. The van der Waals surface area contributed by atoms with Crippen LogP contribution in [0.15, 0.2) is 42.5 Å². The highest BCUT2D eigenvalue weighted by atomic mass is 28.3. The van der Waals surface area contributed by atoms with E-state index in [-0.39, 0.29) is 18.5 Å². The zero-order valence-electron chi connectivity index (χ0n) is 25.9. The molecule has 1 aliphatic heterocycles. The van der Waals surface area contributed by atoms with E-state index in [1.165, 1.54) is 10.4 Å². The predicted octanol–water partition coefficient (Wildman–Crippen LogP) is 5.36. The fourth-order valence-corrected chi connectivity index (χ4v) is 6.19. The normalized spacial score (nSPS) is 17.5. The summed E-state index contributed by atoms with van der Waals surface area (Å²) in [6.45, 7) is 13.6. The number of nitrogens with zero attached hydrogens (tertiary/aromatic N) is 5. The molecule has 3 atom stereocenters. The van der Waals surface area contributed by atoms with Crippen LogP contribution in [0.5, 0.6) is 0 Å². The molecule has 0 unspecified atom stereocenters. The van der Waals surface area contributed by atoms with Gasteiger partial charge in [-0.15, -0.1) is 29.1 Å². The van der Waals surface area contributed by atoms with Gasteiger partial charge in [0.1, 0.15) is 5.82 Å². The lowest BCUT2D eigenvalue weighted by atomic mass is 9.99. The van der Waals surface area contributed by atoms with Gasteiger partial charge in [-0.25, -0.2) is 4.39 Å². The number of rotatable bonds is 16. The topological polar surface area (TPSA) is 85.5 Å². The maximum atomic E-state index is 14.0. The standard InChI is InChI=1S/C32H48FN5O3Si/c1-24-12-13-26(20-31(24)33)19-28-10-8-16-37(28)21-29(39)22-41-25(2)30-11-7-6-9-27(30)14-15-32-34-36-38(35-32)23-40-17-18-42(3,4)5/h6-7,9,11-13,20,25,28-29,39H,8,10,14-19,21-23H2,1-5H3/q-1/t25-,28+,29-/m1/s1. The third-order valence-corrected chi connectivity index (χ3v) is 9.70. The molecule has 3 aromatic rings. The Bertz CT molecular complexity index is 1270. The number of aromatic nitrogens is 4. The Morgan fingerprint density at radius 1 is 1.14 bits per heavy atom. The number of halogens is 1. The molecule has 0 radical (unpaired) electrons. The van der Waals surface area contributed by atoms with E-state index in [1.807, 2.05) is 31.2 Å². The average Bonchev–Trinajstić information content (AvgIpc) is 3.59. The Balaban J connectivity index is 1.23. The van der Waals surface area contributed by atoms with Crippen LogP contribution in [-0.4, -0.2) is 76.7 Å². The summed E-state index contributed by atoms with van der Waals surface area (Å²) in [5, 5.41) is 23.7. The van der Waals surface area contributed by atoms with Gasteiger partial charge in [-0.05, 0) is 79.6 Å². The van der Waals surface area contributed by atoms with Gasteiger partial charge in [0.2, 0.25) is 0 Å². The summed E-state index contributed by atoms with van der Waals surface area (Å²) in [7, 11) is -1.12. The minimum atomic E-state index is -1.12. The second kappa shape index (κ2) is 15.3. The maximum absolute atomic E-state index is 14.0. The number of hydrogen-bond acceptors (Lipinski definition) is 7. The second-order valence-corrected chi connectivity index (χ2v) is 18.5. The van der Waals surface area contributed by atoms with Crippen molar-refractivity contribution in [3.63, 3.8) is 0 Å². The van der Waals surface area contributed by atoms with Gasteiger partial charge in [0, 0.05) is 25.6 Å². The minimum Gasteiger partial charge on any atom is -0.389 e. The van der Waals surface area contributed by atoms with Gasteiger partial charge in [0.25, 0.3) is 0 Å². The van der Waals surface area contributed by atoms with Crippen LogP contribution in [0.1, 0.15) is 53.9 Å². The quantitative estimate of drug-likeness (QED) is 0.176. The van der Waals surface area contributed by atoms with Gasteiger partial charge in [-0.1, -0.05) is 36.4 Å². The molecule has 42 heavy (non-hydrogen) atoms. The summed E-state index contributed by atoms with van der Waals surface area (Å²) in [5.74, 6) is 0.538. The van der Waals surface area contributed by atoms with Crippen molar-refractivity contribution in [1.29, 1.82) is 0 Å². The fraction of sp³-hybridized carbons (Fsp3) is 0.594. The Morgan fingerprint density at radius 2 is 1.95 bits per heavy atom. The summed E-state index contributed by atoms with van der Waals surface area (Å²) >= 11 is 0. The molecule has 0 bridgehead atoms. The smallest absolute Gasteiger partial charge is 0.175 e. The van der Waals surface area contributed by atoms with Gasteiger partial charge < -0.3 is 14.6 Å². The lowest BCUT2D eigenvalue weighted by Crippen LogP contribution is -2.39. The summed E-state index contributed by atoms with van der Waals surface area (Å²) < 4.78 is 25.9. The first-order chi connectivity index (χ1) is 20.1. The van der Waals surface area contributed by atoms with Gasteiger partial charge in [-0.2, -0.15) is 19.6 Å². The average molecular weight is 598 g/mol. The zero-order chi connectivity index (χ0) is 30.1. The third kappa shape index (κ3) is 10.1. The largest absolute Gasteiger partial charge is 0.389 e. The van der Waals surface area contributed by atoms with Crippen LogP contribution in [0.25, 0.3) is 0 Å². The molecular weight excluding hydrogens is 549 g/mol. The number of tetrazole rings is 1. The van der Waals surface area contributed by atoms with Crippen molar-refractivity contribution in [2.75, 3.05) is 26.3 Å². The summed E-state index contributed by atoms with van der Waals surface area (Å²) in [4.78, 5) is 3.84. The molecule has 1 N–H and O–H groups in total.